The molecule has 0 bridgehead atoms. The molecule has 0 heterocycles. The minimum atomic E-state index is -1.10. The second kappa shape index (κ2) is 11.8. The average Bonchev–Trinajstić information content (AvgIpc) is 2.81. The molecule has 0 spiro atoms. The van der Waals surface area contributed by atoms with Gasteiger partial charge in [-0.3, -0.25) is 14.4 Å². The van der Waals surface area contributed by atoms with E-state index in [1.165, 1.54) is 0 Å². The standard InChI is InChI=1S/C26H25NO4.C2H6/c1-26(2,25(30)31)17-23(28)21-10-8-19(9-11-21)20-12-14-22(15-13-20)27-24(29)16-18-6-4-3-5-7-18;1-2/h3-15H,16-17H2,1-2H3,(H,27,29)(H,30,31);1-2H3. The van der Waals surface area contributed by atoms with E-state index in [4.69, 9.17) is 0 Å². The monoisotopic (exact) mass is 445 g/mol. The van der Waals surface area contributed by atoms with Crippen LogP contribution >= 0.6 is 0 Å². The molecular formula is C28H31NO4. The number of hydrogen-bond donors (Lipinski definition) is 2. The molecule has 3 aromatic carbocycles. The van der Waals surface area contributed by atoms with Crippen LogP contribution in [0.3, 0.4) is 0 Å². The second-order valence-electron chi connectivity index (χ2n) is 8.15. The van der Waals surface area contributed by atoms with Crippen LogP contribution in [0.5, 0.6) is 0 Å². The van der Waals surface area contributed by atoms with Crippen molar-refractivity contribution in [2.24, 2.45) is 5.41 Å². The number of aliphatic carboxylic acids is 1. The molecule has 0 aromatic heterocycles. The van der Waals surface area contributed by atoms with Gasteiger partial charge in [-0.1, -0.05) is 80.6 Å². The second-order valence-corrected chi connectivity index (χ2v) is 8.15. The van der Waals surface area contributed by atoms with E-state index in [9.17, 15) is 19.5 Å². The first kappa shape index (κ1) is 25.5. The molecule has 0 saturated carbocycles. The topological polar surface area (TPSA) is 83.5 Å². The van der Waals surface area contributed by atoms with Crippen molar-refractivity contribution in [3.05, 3.63) is 90.0 Å². The van der Waals surface area contributed by atoms with E-state index in [0.29, 0.717) is 17.7 Å². The quantitative estimate of drug-likeness (QED) is 0.402. The number of anilines is 1. The van der Waals surface area contributed by atoms with E-state index >= 15 is 0 Å². The lowest BCUT2D eigenvalue weighted by molar-refractivity contribution is -0.146. The fourth-order valence-electron chi connectivity index (χ4n) is 3.16. The Morgan fingerprint density at radius 3 is 1.82 bits per heavy atom. The summed E-state index contributed by atoms with van der Waals surface area (Å²) < 4.78 is 0. The molecule has 1 amide bonds. The predicted molar refractivity (Wildman–Crippen MR) is 132 cm³/mol. The molecule has 3 rings (SSSR count). The van der Waals surface area contributed by atoms with Crippen LogP contribution in [0.1, 0.15) is 50.0 Å². The molecule has 0 unspecified atom stereocenters. The van der Waals surface area contributed by atoms with Crippen LogP contribution in [0.15, 0.2) is 78.9 Å². The summed E-state index contributed by atoms with van der Waals surface area (Å²) in [5.41, 5.74) is 2.94. The first-order valence-corrected chi connectivity index (χ1v) is 11.1. The third kappa shape index (κ3) is 7.42. The SMILES string of the molecule is CC.CC(C)(CC(=O)c1ccc(-c2ccc(NC(=O)Cc3ccccc3)cc2)cc1)C(=O)O. The molecule has 0 fully saturated rings. The smallest absolute Gasteiger partial charge is 0.309 e. The van der Waals surface area contributed by atoms with Crippen LogP contribution < -0.4 is 5.32 Å². The van der Waals surface area contributed by atoms with Crippen molar-refractivity contribution >= 4 is 23.3 Å². The molecule has 5 nitrogen and oxygen atoms in total. The Balaban J connectivity index is 0.00000187. The molecule has 0 aliphatic carbocycles. The van der Waals surface area contributed by atoms with E-state index in [1.54, 1.807) is 26.0 Å². The summed E-state index contributed by atoms with van der Waals surface area (Å²) in [5, 5.41) is 12.1. The third-order valence-electron chi connectivity index (χ3n) is 5.10. The lowest BCUT2D eigenvalue weighted by atomic mass is 9.85. The first-order valence-electron chi connectivity index (χ1n) is 11.1. The summed E-state index contributed by atoms with van der Waals surface area (Å²) in [7, 11) is 0. The molecule has 3 aromatic rings. The molecule has 2 N–H and O–H groups in total. The molecule has 5 heteroatoms. The van der Waals surface area contributed by atoms with Gasteiger partial charge >= 0.3 is 5.97 Å². The highest BCUT2D eigenvalue weighted by Gasteiger charge is 2.30. The van der Waals surface area contributed by atoms with Crippen LogP contribution in [0.4, 0.5) is 5.69 Å². The summed E-state index contributed by atoms with van der Waals surface area (Å²) in [6.07, 6.45) is 0.260. The Kier molecular flexibility index (Phi) is 9.10. The summed E-state index contributed by atoms with van der Waals surface area (Å²) >= 11 is 0. The zero-order valence-electron chi connectivity index (χ0n) is 19.6. The Morgan fingerprint density at radius 2 is 1.30 bits per heavy atom. The van der Waals surface area contributed by atoms with E-state index in [-0.39, 0.29) is 18.1 Å². The maximum absolute atomic E-state index is 12.4. The maximum atomic E-state index is 12.4. The Morgan fingerprint density at radius 1 is 0.788 bits per heavy atom. The van der Waals surface area contributed by atoms with Gasteiger partial charge in [0.05, 0.1) is 11.8 Å². The van der Waals surface area contributed by atoms with Crippen LogP contribution in [-0.2, 0) is 16.0 Å². The fraction of sp³-hybridized carbons (Fsp3) is 0.250. The van der Waals surface area contributed by atoms with Crippen molar-refractivity contribution < 1.29 is 19.5 Å². The zero-order chi connectivity index (χ0) is 24.4. The van der Waals surface area contributed by atoms with Crippen LogP contribution in [-0.4, -0.2) is 22.8 Å². The van der Waals surface area contributed by atoms with Crippen molar-refractivity contribution in [2.75, 3.05) is 5.32 Å². The summed E-state index contributed by atoms with van der Waals surface area (Å²) in [6.45, 7) is 7.09. The average molecular weight is 446 g/mol. The van der Waals surface area contributed by atoms with Gasteiger partial charge in [-0.05, 0) is 42.7 Å². The number of carboxylic acid groups (broad SMARTS) is 1. The summed E-state index contributed by atoms with van der Waals surface area (Å²) in [4.78, 5) is 35.8. The van der Waals surface area contributed by atoms with E-state index in [1.807, 2.05) is 80.6 Å². The number of benzene rings is 3. The Hall–Kier alpha value is -3.73. The van der Waals surface area contributed by atoms with Crippen LogP contribution in [0, 0.1) is 5.41 Å². The molecule has 0 atom stereocenters. The number of carboxylic acids is 1. The minimum absolute atomic E-state index is 0.0565. The number of ketones is 1. The molecule has 0 saturated heterocycles. The van der Waals surface area contributed by atoms with Gasteiger partial charge in [0, 0.05) is 17.7 Å². The lowest BCUT2D eigenvalue weighted by Crippen LogP contribution is -2.26. The van der Waals surface area contributed by atoms with E-state index < -0.39 is 11.4 Å². The summed E-state index contributed by atoms with van der Waals surface area (Å²) in [5.74, 6) is -1.27. The predicted octanol–water partition coefficient (Wildman–Crippen LogP) is 6.24. The van der Waals surface area contributed by atoms with Crippen molar-refractivity contribution in [1.29, 1.82) is 0 Å². The molecular weight excluding hydrogens is 414 g/mol. The number of amides is 1. The number of nitrogens with one attached hydrogen (secondary N) is 1. The first-order chi connectivity index (χ1) is 15.7. The highest BCUT2D eigenvalue weighted by atomic mass is 16.4. The lowest BCUT2D eigenvalue weighted by Gasteiger charge is -2.17. The van der Waals surface area contributed by atoms with Gasteiger partial charge < -0.3 is 10.4 Å². The number of carbonyl (C=O) groups excluding carboxylic acids is 2. The van der Waals surface area contributed by atoms with Gasteiger partial charge in [-0.15, -0.1) is 0 Å². The van der Waals surface area contributed by atoms with Crippen molar-refractivity contribution in [1.82, 2.24) is 0 Å². The molecule has 0 aliphatic rings. The normalized spacial score (nSPS) is 10.5. The number of carbonyl (C=O) groups is 3. The van der Waals surface area contributed by atoms with Gasteiger partial charge in [-0.25, -0.2) is 0 Å². The Labute approximate surface area is 195 Å². The molecule has 33 heavy (non-hydrogen) atoms. The maximum Gasteiger partial charge on any atom is 0.309 e. The summed E-state index contributed by atoms with van der Waals surface area (Å²) in [6, 6.07) is 24.2. The van der Waals surface area contributed by atoms with Gasteiger partial charge in [0.15, 0.2) is 5.78 Å². The Bertz CT molecular complexity index is 1070. The van der Waals surface area contributed by atoms with E-state index in [0.717, 1.165) is 16.7 Å². The number of Topliss-reactive ketones (excluding diaryl/α,β-unsaturated/α-hetero) is 1. The largest absolute Gasteiger partial charge is 0.481 e. The third-order valence-corrected chi connectivity index (χ3v) is 5.10. The zero-order valence-corrected chi connectivity index (χ0v) is 19.6. The van der Waals surface area contributed by atoms with Crippen molar-refractivity contribution in [3.63, 3.8) is 0 Å². The highest BCUT2D eigenvalue weighted by molar-refractivity contribution is 5.99. The van der Waals surface area contributed by atoms with Gasteiger partial charge in [0.25, 0.3) is 0 Å². The molecule has 0 aliphatic heterocycles. The fourth-order valence-corrected chi connectivity index (χ4v) is 3.16. The van der Waals surface area contributed by atoms with Gasteiger partial charge in [0.2, 0.25) is 5.91 Å². The van der Waals surface area contributed by atoms with Crippen LogP contribution in [0.25, 0.3) is 11.1 Å². The van der Waals surface area contributed by atoms with Crippen molar-refractivity contribution in [3.8, 4) is 11.1 Å². The number of rotatable bonds is 8. The molecule has 172 valence electrons. The van der Waals surface area contributed by atoms with Crippen molar-refractivity contribution in [2.45, 2.75) is 40.5 Å². The molecule has 0 radical (unpaired) electrons. The van der Waals surface area contributed by atoms with Gasteiger partial charge in [0.1, 0.15) is 0 Å². The highest BCUT2D eigenvalue weighted by Crippen LogP contribution is 2.26. The van der Waals surface area contributed by atoms with E-state index in [2.05, 4.69) is 5.32 Å². The van der Waals surface area contributed by atoms with Crippen LogP contribution in [0.2, 0.25) is 0 Å². The van der Waals surface area contributed by atoms with Gasteiger partial charge in [-0.2, -0.15) is 0 Å². The number of hydrogen-bond acceptors (Lipinski definition) is 3. The minimum Gasteiger partial charge on any atom is -0.481 e.